The lowest BCUT2D eigenvalue weighted by molar-refractivity contribution is 0.120. The van der Waals surface area contributed by atoms with Gasteiger partial charge in [0.25, 0.3) is 0 Å². The SMILES string of the molecule is Cc1nc2c(c(NC[C@H]3CCCO3)n1)[C@@H]1CC[C@@H](C2)N1S(=O)(=O)CCc1ccncc1. The van der Waals surface area contributed by atoms with Crippen LogP contribution in [0, 0.1) is 6.92 Å². The molecule has 31 heavy (non-hydrogen) atoms. The van der Waals surface area contributed by atoms with Gasteiger partial charge >= 0.3 is 0 Å². The topological polar surface area (TPSA) is 97.3 Å². The summed E-state index contributed by atoms with van der Waals surface area (Å²) in [5.41, 5.74) is 2.95. The number of rotatable bonds is 7. The van der Waals surface area contributed by atoms with Crippen LogP contribution in [0.5, 0.6) is 0 Å². The second kappa shape index (κ2) is 8.44. The van der Waals surface area contributed by atoms with Gasteiger partial charge < -0.3 is 10.1 Å². The molecule has 2 saturated heterocycles. The van der Waals surface area contributed by atoms with Gasteiger partial charge in [-0.05, 0) is 56.7 Å². The summed E-state index contributed by atoms with van der Waals surface area (Å²) in [5, 5.41) is 3.46. The highest BCUT2D eigenvalue weighted by Gasteiger charge is 2.48. The molecule has 5 rings (SSSR count). The summed E-state index contributed by atoms with van der Waals surface area (Å²) in [5.74, 6) is 1.60. The normalized spacial score (nSPS) is 25.5. The summed E-state index contributed by atoms with van der Waals surface area (Å²) in [6, 6.07) is 3.54. The maximum atomic E-state index is 13.4. The lowest BCUT2D eigenvalue weighted by atomic mass is 10.00. The minimum absolute atomic E-state index is 0.0137. The molecule has 0 saturated carbocycles. The van der Waals surface area contributed by atoms with Crippen molar-refractivity contribution in [2.24, 2.45) is 0 Å². The van der Waals surface area contributed by atoms with Crippen LogP contribution in [0.15, 0.2) is 24.5 Å². The number of anilines is 1. The average Bonchev–Trinajstić information content (AvgIpc) is 3.39. The fourth-order valence-corrected chi connectivity index (χ4v) is 7.10. The van der Waals surface area contributed by atoms with Crippen LogP contribution in [0.25, 0.3) is 0 Å². The Morgan fingerprint density at radius 1 is 1.19 bits per heavy atom. The van der Waals surface area contributed by atoms with E-state index in [1.54, 1.807) is 16.7 Å². The standard InChI is InChI=1S/C22H29N5O3S/c1-15-25-19-13-17-4-5-20(21(19)22(26-15)24-14-18-3-2-11-30-18)27(17)31(28,29)12-8-16-6-9-23-10-7-16/h6-7,9-10,17-18,20H,2-5,8,11-14H2,1H3,(H,24,25,26)/t17-,18+,20-/m0/s1. The third-order valence-corrected chi connectivity index (χ3v) is 8.49. The van der Waals surface area contributed by atoms with E-state index in [4.69, 9.17) is 9.72 Å². The number of sulfonamides is 1. The molecule has 0 amide bonds. The van der Waals surface area contributed by atoms with Gasteiger partial charge in [-0.15, -0.1) is 0 Å². The highest BCUT2D eigenvalue weighted by Crippen LogP contribution is 2.47. The van der Waals surface area contributed by atoms with Crippen LogP contribution in [0.3, 0.4) is 0 Å². The fraction of sp³-hybridized carbons (Fsp3) is 0.591. The summed E-state index contributed by atoms with van der Waals surface area (Å²) in [6.45, 7) is 3.40. The molecule has 3 aliphatic heterocycles. The zero-order valence-electron chi connectivity index (χ0n) is 17.8. The summed E-state index contributed by atoms with van der Waals surface area (Å²) in [7, 11) is -3.41. The monoisotopic (exact) mass is 443 g/mol. The molecule has 0 unspecified atom stereocenters. The maximum absolute atomic E-state index is 13.4. The number of aryl methyl sites for hydroxylation is 2. The second-order valence-corrected chi connectivity index (χ2v) is 10.7. The van der Waals surface area contributed by atoms with E-state index >= 15 is 0 Å². The molecule has 3 aliphatic rings. The number of ether oxygens (including phenoxy) is 1. The van der Waals surface area contributed by atoms with Gasteiger partial charge in [-0.3, -0.25) is 4.98 Å². The number of aromatic nitrogens is 3. The Morgan fingerprint density at radius 2 is 2.03 bits per heavy atom. The van der Waals surface area contributed by atoms with Crippen molar-refractivity contribution in [3.05, 3.63) is 47.2 Å². The molecular formula is C22H29N5O3S. The van der Waals surface area contributed by atoms with Crippen molar-refractivity contribution in [2.45, 2.75) is 63.6 Å². The molecule has 166 valence electrons. The molecule has 0 aliphatic carbocycles. The average molecular weight is 444 g/mol. The van der Waals surface area contributed by atoms with E-state index in [1.165, 1.54) is 0 Å². The first-order chi connectivity index (χ1) is 15.0. The van der Waals surface area contributed by atoms with Crippen molar-refractivity contribution in [3.8, 4) is 0 Å². The van der Waals surface area contributed by atoms with Crippen LogP contribution in [-0.2, 0) is 27.6 Å². The number of pyridine rings is 1. The first-order valence-electron chi connectivity index (χ1n) is 11.1. The van der Waals surface area contributed by atoms with Crippen molar-refractivity contribution >= 4 is 15.8 Å². The Kier molecular flexibility index (Phi) is 5.66. The zero-order valence-corrected chi connectivity index (χ0v) is 18.6. The van der Waals surface area contributed by atoms with Gasteiger partial charge in [-0.1, -0.05) is 0 Å². The van der Waals surface area contributed by atoms with Crippen LogP contribution < -0.4 is 5.32 Å². The van der Waals surface area contributed by atoms with Crippen molar-refractivity contribution < 1.29 is 13.2 Å². The van der Waals surface area contributed by atoms with Crippen LogP contribution in [-0.4, -0.2) is 58.7 Å². The summed E-state index contributed by atoms with van der Waals surface area (Å²) in [4.78, 5) is 13.4. The maximum Gasteiger partial charge on any atom is 0.215 e. The minimum atomic E-state index is -3.41. The Balaban J connectivity index is 1.40. The van der Waals surface area contributed by atoms with Gasteiger partial charge in [0.2, 0.25) is 10.0 Å². The Morgan fingerprint density at radius 3 is 2.81 bits per heavy atom. The van der Waals surface area contributed by atoms with E-state index in [1.807, 2.05) is 19.1 Å². The predicted molar refractivity (Wildman–Crippen MR) is 117 cm³/mol. The summed E-state index contributed by atoms with van der Waals surface area (Å²) >= 11 is 0. The molecule has 8 nitrogen and oxygen atoms in total. The fourth-order valence-electron chi connectivity index (χ4n) is 5.16. The first-order valence-corrected chi connectivity index (χ1v) is 12.7. The molecule has 2 fully saturated rings. The molecular weight excluding hydrogens is 414 g/mol. The Hall–Kier alpha value is -2.10. The lowest BCUT2D eigenvalue weighted by Gasteiger charge is -2.35. The minimum Gasteiger partial charge on any atom is -0.376 e. The van der Waals surface area contributed by atoms with Gasteiger partial charge in [0.05, 0.1) is 23.6 Å². The second-order valence-electron chi connectivity index (χ2n) is 8.70. The zero-order chi connectivity index (χ0) is 21.4. The molecule has 0 spiro atoms. The molecule has 3 atom stereocenters. The number of nitrogens with zero attached hydrogens (tertiary/aromatic N) is 4. The van der Waals surface area contributed by atoms with E-state index < -0.39 is 10.0 Å². The molecule has 2 aromatic heterocycles. The Bertz CT molecular complexity index is 1040. The van der Waals surface area contributed by atoms with Crippen LogP contribution in [0.2, 0.25) is 0 Å². The number of fused-ring (bicyclic) bond motifs is 4. The quantitative estimate of drug-likeness (QED) is 0.702. The molecule has 1 N–H and O–H groups in total. The third kappa shape index (κ3) is 4.18. The number of nitrogens with one attached hydrogen (secondary N) is 1. The first kappa shape index (κ1) is 20.8. The summed E-state index contributed by atoms with van der Waals surface area (Å²) in [6.07, 6.45) is 8.53. The smallest absolute Gasteiger partial charge is 0.215 e. The van der Waals surface area contributed by atoms with Crippen molar-refractivity contribution in [1.82, 2.24) is 19.3 Å². The molecule has 0 aromatic carbocycles. The molecule has 2 bridgehead atoms. The molecule has 2 aromatic rings. The number of hydrogen-bond donors (Lipinski definition) is 1. The lowest BCUT2D eigenvalue weighted by Crippen LogP contribution is -2.44. The van der Waals surface area contributed by atoms with Gasteiger partial charge in [-0.2, -0.15) is 4.31 Å². The van der Waals surface area contributed by atoms with Crippen molar-refractivity contribution in [1.29, 1.82) is 0 Å². The molecule has 0 radical (unpaired) electrons. The largest absolute Gasteiger partial charge is 0.376 e. The van der Waals surface area contributed by atoms with Gasteiger partial charge in [-0.25, -0.2) is 18.4 Å². The van der Waals surface area contributed by atoms with Crippen molar-refractivity contribution in [2.75, 3.05) is 24.2 Å². The van der Waals surface area contributed by atoms with Crippen molar-refractivity contribution in [3.63, 3.8) is 0 Å². The van der Waals surface area contributed by atoms with E-state index in [-0.39, 0.29) is 23.9 Å². The van der Waals surface area contributed by atoms with E-state index in [2.05, 4.69) is 15.3 Å². The number of hydrogen-bond acceptors (Lipinski definition) is 7. The highest BCUT2D eigenvalue weighted by atomic mass is 32.2. The van der Waals surface area contributed by atoms with Gasteiger partial charge in [0, 0.05) is 43.6 Å². The predicted octanol–water partition coefficient (Wildman–Crippen LogP) is 2.41. The van der Waals surface area contributed by atoms with Gasteiger partial charge in [0.1, 0.15) is 11.6 Å². The van der Waals surface area contributed by atoms with Crippen LogP contribution in [0.1, 0.15) is 54.4 Å². The van der Waals surface area contributed by atoms with Gasteiger partial charge in [0.15, 0.2) is 0 Å². The summed E-state index contributed by atoms with van der Waals surface area (Å²) < 4.78 is 34.3. The van der Waals surface area contributed by atoms with E-state index in [0.717, 1.165) is 60.8 Å². The highest BCUT2D eigenvalue weighted by molar-refractivity contribution is 7.89. The molecule has 5 heterocycles. The van der Waals surface area contributed by atoms with Crippen LogP contribution >= 0.6 is 0 Å². The van der Waals surface area contributed by atoms with Crippen LogP contribution in [0.4, 0.5) is 5.82 Å². The Labute approximate surface area is 183 Å². The third-order valence-electron chi connectivity index (χ3n) is 6.58. The van der Waals surface area contributed by atoms with E-state index in [0.29, 0.717) is 19.4 Å². The van der Waals surface area contributed by atoms with E-state index in [9.17, 15) is 8.42 Å². The molecule has 9 heteroatoms.